The zero-order chi connectivity index (χ0) is 24.3. The van der Waals surface area contributed by atoms with Crippen LogP contribution in [0, 0.1) is 12.8 Å². The van der Waals surface area contributed by atoms with Crippen molar-refractivity contribution in [3.63, 3.8) is 0 Å². The second kappa shape index (κ2) is 10.2. The Morgan fingerprint density at radius 2 is 1.65 bits per heavy atom. The number of carbonyl (C=O) groups is 1. The molecule has 3 aromatic carbocycles. The van der Waals surface area contributed by atoms with E-state index in [9.17, 15) is 18.3 Å². The third-order valence-electron chi connectivity index (χ3n) is 6.10. The summed E-state index contributed by atoms with van der Waals surface area (Å²) in [5, 5.41) is 9.76. The molecule has 0 aliphatic carbocycles. The molecule has 4 rings (SSSR count). The van der Waals surface area contributed by atoms with Crippen LogP contribution in [0.1, 0.15) is 23.6 Å². The van der Waals surface area contributed by atoms with Gasteiger partial charge >= 0.3 is 5.97 Å². The number of nitrogens with zero attached hydrogens (tertiary/aromatic N) is 1. The van der Waals surface area contributed by atoms with E-state index in [-0.39, 0.29) is 16.7 Å². The topological polar surface area (TPSA) is 83.9 Å². The first-order valence-electron chi connectivity index (χ1n) is 11.0. The molecule has 3 atom stereocenters. The van der Waals surface area contributed by atoms with Gasteiger partial charge in [0, 0.05) is 16.7 Å². The fourth-order valence-corrected chi connectivity index (χ4v) is 7.18. The summed E-state index contributed by atoms with van der Waals surface area (Å²) in [6, 6.07) is 23.1. The summed E-state index contributed by atoms with van der Waals surface area (Å²) < 4.78 is 34.1. The highest BCUT2D eigenvalue weighted by Gasteiger charge is 2.45. The number of carboxylic acids is 1. The van der Waals surface area contributed by atoms with E-state index in [0.29, 0.717) is 12.2 Å². The molecule has 1 N–H and O–H groups in total. The van der Waals surface area contributed by atoms with Crippen molar-refractivity contribution in [1.82, 2.24) is 4.31 Å². The van der Waals surface area contributed by atoms with Crippen molar-refractivity contribution in [3.8, 4) is 5.75 Å². The van der Waals surface area contributed by atoms with E-state index in [0.717, 1.165) is 16.0 Å². The number of ether oxygens (including phenoxy) is 1. The minimum absolute atomic E-state index is 0.104. The van der Waals surface area contributed by atoms with Crippen LogP contribution in [0.5, 0.6) is 5.75 Å². The molecule has 0 unspecified atom stereocenters. The first-order chi connectivity index (χ1) is 16.3. The van der Waals surface area contributed by atoms with Crippen molar-refractivity contribution in [1.29, 1.82) is 0 Å². The number of methoxy groups -OCH3 is 1. The van der Waals surface area contributed by atoms with Crippen molar-refractivity contribution in [2.45, 2.75) is 34.4 Å². The molecule has 1 aliphatic rings. The number of carboxylic acid groups (broad SMARTS) is 1. The molecule has 0 saturated carbocycles. The third kappa shape index (κ3) is 5.14. The number of hydrogen-bond acceptors (Lipinski definition) is 5. The number of rotatable bonds is 7. The lowest BCUT2D eigenvalue weighted by Gasteiger charge is -2.41. The molecule has 178 valence electrons. The van der Waals surface area contributed by atoms with Crippen LogP contribution in [-0.2, 0) is 14.8 Å². The lowest BCUT2D eigenvalue weighted by atomic mass is 9.90. The highest BCUT2D eigenvalue weighted by atomic mass is 32.2. The zero-order valence-electron chi connectivity index (χ0n) is 19.0. The summed E-state index contributed by atoms with van der Waals surface area (Å²) in [5.41, 5.74) is 1.76. The van der Waals surface area contributed by atoms with Crippen molar-refractivity contribution in [3.05, 3.63) is 90.0 Å². The largest absolute Gasteiger partial charge is 0.497 e. The van der Waals surface area contributed by atoms with Gasteiger partial charge in [-0.1, -0.05) is 48.0 Å². The first-order valence-corrected chi connectivity index (χ1v) is 13.3. The van der Waals surface area contributed by atoms with E-state index >= 15 is 0 Å². The van der Waals surface area contributed by atoms with Gasteiger partial charge in [-0.3, -0.25) is 4.79 Å². The predicted molar refractivity (Wildman–Crippen MR) is 133 cm³/mol. The molecule has 1 aliphatic heterocycles. The van der Waals surface area contributed by atoms with Gasteiger partial charge in [-0.05, 0) is 55.3 Å². The van der Waals surface area contributed by atoms with Gasteiger partial charge in [0.15, 0.2) is 0 Å². The fraction of sp³-hybridized carbons (Fsp3) is 0.269. The number of aliphatic carboxylic acids is 1. The van der Waals surface area contributed by atoms with Crippen molar-refractivity contribution in [2.24, 2.45) is 5.92 Å². The fourth-order valence-electron chi connectivity index (χ4n) is 4.22. The van der Waals surface area contributed by atoms with E-state index in [1.807, 2.05) is 49.4 Å². The summed E-state index contributed by atoms with van der Waals surface area (Å²) in [4.78, 5) is 13.4. The first kappa shape index (κ1) is 24.3. The second-order valence-corrected chi connectivity index (χ2v) is 11.5. The van der Waals surface area contributed by atoms with E-state index in [4.69, 9.17) is 4.74 Å². The molecule has 1 saturated heterocycles. The summed E-state index contributed by atoms with van der Waals surface area (Å²) >= 11 is 1.49. The molecular formula is C26H27NO5S2. The van der Waals surface area contributed by atoms with E-state index in [1.165, 1.54) is 16.1 Å². The average molecular weight is 498 g/mol. The van der Waals surface area contributed by atoms with Gasteiger partial charge in [0.05, 0.1) is 24.0 Å². The molecule has 34 heavy (non-hydrogen) atoms. The Bertz CT molecular complexity index is 1230. The minimum atomic E-state index is -3.93. The van der Waals surface area contributed by atoms with E-state index in [2.05, 4.69) is 0 Å². The lowest BCUT2D eigenvalue weighted by molar-refractivity contribution is -0.143. The molecule has 0 bridgehead atoms. The van der Waals surface area contributed by atoms with Crippen LogP contribution in [0.2, 0.25) is 0 Å². The number of hydrogen-bond donors (Lipinski definition) is 1. The Morgan fingerprint density at radius 1 is 1.00 bits per heavy atom. The lowest BCUT2D eigenvalue weighted by Crippen LogP contribution is -2.49. The molecule has 0 amide bonds. The zero-order valence-corrected chi connectivity index (χ0v) is 20.6. The van der Waals surface area contributed by atoms with E-state index < -0.39 is 28.0 Å². The van der Waals surface area contributed by atoms with Gasteiger partial charge < -0.3 is 9.84 Å². The Morgan fingerprint density at radius 3 is 2.24 bits per heavy atom. The SMILES string of the molecule is COc1ccc([C@@H]2C[C@@H](Sc3ccccc3)[C@H](C(=O)O)CN2S(=O)(=O)c2ccc(C)cc2)cc1. The monoisotopic (exact) mass is 497 g/mol. The van der Waals surface area contributed by atoms with Gasteiger partial charge in [0.2, 0.25) is 10.0 Å². The van der Waals surface area contributed by atoms with Gasteiger partial charge in [-0.25, -0.2) is 8.42 Å². The maximum absolute atomic E-state index is 13.7. The van der Waals surface area contributed by atoms with Gasteiger partial charge in [-0.2, -0.15) is 4.31 Å². The summed E-state index contributed by atoms with van der Waals surface area (Å²) in [7, 11) is -2.35. The van der Waals surface area contributed by atoms with Gasteiger partial charge in [0.1, 0.15) is 5.75 Å². The number of piperidine rings is 1. The number of aryl methyl sites for hydroxylation is 1. The Labute approximate surface area is 204 Å². The molecule has 0 aromatic heterocycles. The molecule has 1 fully saturated rings. The van der Waals surface area contributed by atoms with Gasteiger partial charge in [0.25, 0.3) is 0 Å². The van der Waals surface area contributed by atoms with Crippen LogP contribution in [0.4, 0.5) is 0 Å². The molecule has 0 spiro atoms. The highest BCUT2D eigenvalue weighted by Crippen LogP contribution is 2.44. The summed E-state index contributed by atoms with van der Waals surface area (Å²) in [6.07, 6.45) is 0.369. The molecule has 1 heterocycles. The van der Waals surface area contributed by atoms with Crippen LogP contribution in [0.3, 0.4) is 0 Å². The van der Waals surface area contributed by atoms with Crippen LogP contribution >= 0.6 is 11.8 Å². The minimum Gasteiger partial charge on any atom is -0.497 e. The average Bonchev–Trinajstić information content (AvgIpc) is 2.84. The van der Waals surface area contributed by atoms with Crippen LogP contribution in [0.15, 0.2) is 88.7 Å². The second-order valence-electron chi connectivity index (χ2n) is 8.33. The van der Waals surface area contributed by atoms with Crippen LogP contribution in [0.25, 0.3) is 0 Å². The summed E-state index contributed by atoms with van der Waals surface area (Å²) in [6.45, 7) is 1.79. The highest BCUT2D eigenvalue weighted by molar-refractivity contribution is 8.00. The van der Waals surface area contributed by atoms with Crippen LogP contribution in [-0.4, -0.2) is 42.7 Å². The quantitative estimate of drug-likeness (QED) is 0.495. The standard InChI is InChI=1S/C26H27NO5S2/c1-18-8-14-22(15-9-18)34(30,31)27-17-23(26(28)29)25(33-21-6-4-3-5-7-21)16-24(27)19-10-12-20(32-2)13-11-19/h3-15,23-25H,16-17H2,1-2H3,(H,28,29)/t23-,24+,25-/m1/s1. The van der Waals surface area contributed by atoms with E-state index in [1.54, 1.807) is 43.5 Å². The number of benzene rings is 3. The normalized spacial score (nSPS) is 21.2. The molecular weight excluding hydrogens is 470 g/mol. The Hall–Kier alpha value is -2.81. The molecule has 3 aromatic rings. The molecule has 8 heteroatoms. The van der Waals surface area contributed by atoms with Crippen molar-refractivity contribution >= 4 is 27.8 Å². The molecule has 0 radical (unpaired) electrons. The Kier molecular flexibility index (Phi) is 7.30. The maximum atomic E-state index is 13.7. The van der Waals surface area contributed by atoms with Crippen molar-refractivity contribution in [2.75, 3.05) is 13.7 Å². The number of sulfonamides is 1. The Balaban J connectivity index is 1.75. The number of thioether (sulfide) groups is 1. The summed E-state index contributed by atoms with van der Waals surface area (Å²) in [5.74, 6) is -1.17. The van der Waals surface area contributed by atoms with Crippen molar-refractivity contribution < 1.29 is 23.1 Å². The third-order valence-corrected chi connectivity index (χ3v) is 9.36. The predicted octanol–water partition coefficient (Wildman–Crippen LogP) is 5.00. The van der Waals surface area contributed by atoms with Crippen LogP contribution < -0.4 is 4.74 Å². The smallest absolute Gasteiger partial charge is 0.308 e. The van der Waals surface area contributed by atoms with Gasteiger partial charge in [-0.15, -0.1) is 11.8 Å². The maximum Gasteiger partial charge on any atom is 0.308 e. The molecule has 6 nitrogen and oxygen atoms in total.